The van der Waals surface area contributed by atoms with Crippen LogP contribution in [0.25, 0.3) is 6.08 Å². The summed E-state index contributed by atoms with van der Waals surface area (Å²) in [6, 6.07) is 28.3. The molecule has 3 atom stereocenters. The van der Waals surface area contributed by atoms with Crippen molar-refractivity contribution in [2.45, 2.75) is 18.0 Å². The van der Waals surface area contributed by atoms with Gasteiger partial charge in [0.15, 0.2) is 11.2 Å². The molecule has 0 spiro atoms. The van der Waals surface area contributed by atoms with E-state index >= 15 is 0 Å². The maximum Gasteiger partial charge on any atom is 0.187 e. The first-order chi connectivity index (χ1) is 15.6. The first kappa shape index (κ1) is 20.5. The molecule has 3 aromatic carbocycles. The highest BCUT2D eigenvalue weighted by Crippen LogP contribution is 2.55. The smallest absolute Gasteiger partial charge is 0.187 e. The normalized spacial score (nSPS) is 22.3. The molecule has 2 aliphatic rings. The molecule has 1 saturated heterocycles. The van der Waals surface area contributed by atoms with Gasteiger partial charge in [-0.15, -0.1) is 0 Å². The number of halogens is 1. The number of Topliss-reactive ketones (excluding diaryl/α,β-unsaturated/α-hetero) is 1. The Morgan fingerprint density at radius 3 is 2.28 bits per heavy atom. The van der Waals surface area contributed by atoms with Crippen LogP contribution in [0.1, 0.15) is 27.4 Å². The van der Waals surface area contributed by atoms with E-state index in [1.165, 1.54) is 0 Å². The molecule has 5 heteroatoms. The van der Waals surface area contributed by atoms with Crippen molar-refractivity contribution < 1.29 is 4.79 Å². The van der Waals surface area contributed by atoms with E-state index in [4.69, 9.17) is 0 Å². The summed E-state index contributed by atoms with van der Waals surface area (Å²) in [5, 5.41) is 20.8. The van der Waals surface area contributed by atoms with Crippen LogP contribution in [0.2, 0.25) is 0 Å². The number of carbonyl (C=O) groups is 1. The third-order valence-electron chi connectivity index (χ3n) is 6.48. The highest BCUT2D eigenvalue weighted by atomic mass is 127. The van der Waals surface area contributed by atoms with Gasteiger partial charge in [0.05, 0.1) is 18.2 Å². The molecule has 5 rings (SSSR count). The van der Waals surface area contributed by atoms with E-state index in [1.54, 1.807) is 0 Å². The Morgan fingerprint density at radius 1 is 0.906 bits per heavy atom. The molecule has 0 aliphatic carbocycles. The Kier molecular flexibility index (Phi) is 5.07. The van der Waals surface area contributed by atoms with Crippen LogP contribution in [-0.4, -0.2) is 17.9 Å². The number of hydrogen-bond donors (Lipinski definition) is 0. The molecular weight excluding hydrogens is 509 g/mol. The highest BCUT2D eigenvalue weighted by Gasteiger charge is 2.63. The van der Waals surface area contributed by atoms with E-state index < -0.39 is 23.4 Å². The fourth-order valence-corrected chi connectivity index (χ4v) is 5.74. The number of nitriles is 2. The van der Waals surface area contributed by atoms with E-state index in [2.05, 4.69) is 34.7 Å². The van der Waals surface area contributed by atoms with Gasteiger partial charge in [-0.25, -0.2) is 0 Å². The summed E-state index contributed by atoms with van der Waals surface area (Å²) in [6.45, 7) is 0. The van der Waals surface area contributed by atoms with Crippen LogP contribution in [0.4, 0.5) is 5.69 Å². The van der Waals surface area contributed by atoms with E-state index in [-0.39, 0.29) is 5.78 Å². The fourth-order valence-electron chi connectivity index (χ4n) is 5.09. The Hall–Kier alpha value is -3.42. The number of carbonyl (C=O) groups excluding carboxylic acids is 1. The second-order valence-corrected chi connectivity index (χ2v) is 9.20. The quantitative estimate of drug-likeness (QED) is 0.330. The van der Waals surface area contributed by atoms with Crippen LogP contribution in [0.3, 0.4) is 0 Å². The largest absolute Gasteiger partial charge is 0.351 e. The molecule has 32 heavy (non-hydrogen) atoms. The second-order valence-electron chi connectivity index (χ2n) is 8.04. The molecule has 3 aromatic rings. The van der Waals surface area contributed by atoms with Gasteiger partial charge in [0.25, 0.3) is 0 Å². The molecule has 2 heterocycles. The molecule has 1 fully saturated rings. The summed E-state index contributed by atoms with van der Waals surface area (Å²) in [5.74, 6) is -0.686. The standard InChI is InChI=1S/C27H18IN3O/c28-21-12-6-5-11-20(21)26(32)25-24(19-9-2-1-3-10-19)27(16-29,17-30)23-15-14-18-8-4-7-13-22(18)31(23)25/h1-15,23-25H/t23-,24-,25+/m1/s1. The number of para-hydroxylation sites is 1. The number of anilines is 1. The summed E-state index contributed by atoms with van der Waals surface area (Å²) in [5.41, 5.74) is 1.86. The predicted octanol–water partition coefficient (Wildman–Crippen LogP) is 5.58. The van der Waals surface area contributed by atoms with Crippen molar-refractivity contribution in [2.75, 3.05) is 4.90 Å². The predicted molar refractivity (Wildman–Crippen MR) is 132 cm³/mol. The first-order valence-electron chi connectivity index (χ1n) is 10.3. The van der Waals surface area contributed by atoms with Crippen LogP contribution in [-0.2, 0) is 0 Å². The third-order valence-corrected chi connectivity index (χ3v) is 7.42. The zero-order valence-corrected chi connectivity index (χ0v) is 19.2. The fraction of sp³-hybridized carbons (Fsp3) is 0.148. The van der Waals surface area contributed by atoms with Crippen molar-refractivity contribution in [2.24, 2.45) is 5.41 Å². The molecule has 0 radical (unpaired) electrons. The minimum atomic E-state index is -1.41. The lowest BCUT2D eigenvalue weighted by molar-refractivity contribution is 0.0950. The summed E-state index contributed by atoms with van der Waals surface area (Å²) in [6.07, 6.45) is 3.87. The van der Waals surface area contributed by atoms with Gasteiger partial charge in [-0.2, -0.15) is 10.5 Å². The summed E-state index contributed by atoms with van der Waals surface area (Å²) in [7, 11) is 0. The number of fused-ring (bicyclic) bond motifs is 3. The number of hydrogen-bond acceptors (Lipinski definition) is 4. The molecule has 0 unspecified atom stereocenters. The molecule has 0 N–H and O–H groups in total. The van der Waals surface area contributed by atoms with Gasteiger partial charge in [0.2, 0.25) is 0 Å². The third kappa shape index (κ3) is 2.89. The summed E-state index contributed by atoms with van der Waals surface area (Å²) in [4.78, 5) is 16.2. The molecule has 154 valence electrons. The molecule has 0 bridgehead atoms. The van der Waals surface area contributed by atoms with Gasteiger partial charge in [-0.3, -0.25) is 4.79 Å². The van der Waals surface area contributed by atoms with E-state index in [0.29, 0.717) is 5.56 Å². The molecule has 4 nitrogen and oxygen atoms in total. The van der Waals surface area contributed by atoms with Crippen LogP contribution in [0, 0.1) is 31.6 Å². The number of rotatable bonds is 3. The van der Waals surface area contributed by atoms with Gasteiger partial charge in [0.1, 0.15) is 6.04 Å². The monoisotopic (exact) mass is 527 g/mol. The van der Waals surface area contributed by atoms with Gasteiger partial charge in [0, 0.05) is 20.7 Å². The Bertz CT molecular complexity index is 1300. The lowest BCUT2D eigenvalue weighted by atomic mass is 9.69. The average Bonchev–Trinajstić information content (AvgIpc) is 3.15. The molecular formula is C27H18IN3O. The van der Waals surface area contributed by atoms with Crippen molar-refractivity contribution >= 4 is 40.1 Å². The maximum absolute atomic E-state index is 14.1. The van der Waals surface area contributed by atoms with E-state index in [0.717, 1.165) is 20.4 Å². The van der Waals surface area contributed by atoms with Crippen molar-refractivity contribution in [1.29, 1.82) is 10.5 Å². The SMILES string of the molecule is N#CC1(C#N)[C@H](c2ccccc2)[C@@H](C(=O)c2ccccc2I)N2c3ccccc3C=C[C@@H]21. The molecule has 0 saturated carbocycles. The Balaban J connectivity index is 1.80. The van der Waals surface area contributed by atoms with E-state index in [9.17, 15) is 15.3 Å². The van der Waals surface area contributed by atoms with Crippen LogP contribution in [0.5, 0.6) is 0 Å². The lowest BCUT2D eigenvalue weighted by Crippen LogP contribution is -2.44. The average molecular weight is 527 g/mol. The maximum atomic E-state index is 14.1. The van der Waals surface area contributed by atoms with Crippen LogP contribution < -0.4 is 4.90 Å². The molecule has 0 aromatic heterocycles. The van der Waals surface area contributed by atoms with Crippen molar-refractivity contribution in [1.82, 2.24) is 0 Å². The minimum Gasteiger partial charge on any atom is -0.351 e. The van der Waals surface area contributed by atoms with Crippen molar-refractivity contribution in [3.63, 3.8) is 0 Å². The summed E-state index contributed by atoms with van der Waals surface area (Å²) < 4.78 is 0.853. The van der Waals surface area contributed by atoms with Gasteiger partial charge in [-0.1, -0.05) is 78.9 Å². The lowest BCUT2D eigenvalue weighted by Gasteiger charge is -2.35. The van der Waals surface area contributed by atoms with Crippen molar-refractivity contribution in [3.05, 3.63) is 105 Å². The number of ketones is 1. The zero-order chi connectivity index (χ0) is 22.3. The van der Waals surface area contributed by atoms with Gasteiger partial charge in [-0.05, 0) is 45.9 Å². The van der Waals surface area contributed by atoms with E-state index in [1.807, 2.05) is 95.9 Å². The number of benzene rings is 3. The molecule has 0 amide bonds. The van der Waals surface area contributed by atoms with Crippen LogP contribution >= 0.6 is 22.6 Å². The van der Waals surface area contributed by atoms with Gasteiger partial charge < -0.3 is 4.90 Å². The topological polar surface area (TPSA) is 67.9 Å². The molecule has 2 aliphatic heterocycles. The van der Waals surface area contributed by atoms with Crippen molar-refractivity contribution in [3.8, 4) is 12.1 Å². The van der Waals surface area contributed by atoms with Gasteiger partial charge >= 0.3 is 0 Å². The first-order valence-corrected chi connectivity index (χ1v) is 11.4. The Labute approximate surface area is 200 Å². The second kappa shape index (κ2) is 7.93. The highest BCUT2D eigenvalue weighted by molar-refractivity contribution is 14.1. The Morgan fingerprint density at radius 2 is 1.56 bits per heavy atom. The van der Waals surface area contributed by atoms with Crippen LogP contribution in [0.15, 0.2) is 84.9 Å². The minimum absolute atomic E-state index is 0.0775. The number of nitrogens with zero attached hydrogens (tertiary/aromatic N) is 3. The summed E-state index contributed by atoms with van der Waals surface area (Å²) >= 11 is 2.18. The zero-order valence-electron chi connectivity index (χ0n) is 17.0.